The van der Waals surface area contributed by atoms with Crippen LogP contribution in [-0.2, 0) is 95.2 Å². The van der Waals surface area contributed by atoms with Crippen molar-refractivity contribution >= 4 is 23.2 Å². The van der Waals surface area contributed by atoms with Crippen LogP contribution in [0.5, 0.6) is 0 Å². The quantitative estimate of drug-likeness (QED) is 0.0217. The normalized spacial score (nSPS) is 36.4. The molecule has 4 saturated heterocycles. The first-order chi connectivity index (χ1) is 36.0. The molecule has 4 aliphatic rings. The van der Waals surface area contributed by atoms with Gasteiger partial charge in [0.15, 0.2) is 18.9 Å². The van der Waals surface area contributed by atoms with Gasteiger partial charge in [-0.05, 0) is 6.42 Å². The molecule has 0 aliphatic carbocycles. The highest BCUT2D eigenvalue weighted by molar-refractivity contribution is 6.21. The third kappa shape index (κ3) is 13.6. The number of aromatic nitrogens is 12. The highest BCUT2D eigenvalue weighted by Crippen LogP contribution is 2.38. The Morgan fingerprint density at radius 2 is 0.987 bits per heavy atom. The molecule has 0 saturated carbocycles. The molecule has 1 unspecified atom stereocenters. The zero-order chi connectivity index (χ0) is 53.6. The average molecular weight is 1110 g/mol. The molecule has 0 aromatic carbocycles. The number of aliphatic hydroxyl groups is 11. The number of halogens is 2. The second-order valence-electron chi connectivity index (χ2n) is 18.3. The fraction of sp³-hybridized carbons (Fsp3) is 0.805. The zero-order valence-electron chi connectivity index (χ0n) is 40.1. The summed E-state index contributed by atoms with van der Waals surface area (Å²) in [6.45, 7) is 1.99. The van der Waals surface area contributed by atoms with Crippen LogP contribution in [0.3, 0.4) is 0 Å². The number of ether oxygens (including phenoxy) is 9. The molecule has 4 aromatic rings. The van der Waals surface area contributed by atoms with Crippen LogP contribution >= 0.6 is 23.2 Å². The number of aliphatic hydroxyl groups excluding tert-OH is 11. The third-order valence-electron chi connectivity index (χ3n) is 12.7. The van der Waals surface area contributed by atoms with Crippen LogP contribution in [0, 0.1) is 0 Å². The van der Waals surface area contributed by atoms with Crippen molar-refractivity contribution in [2.75, 3.05) is 25.7 Å². The lowest BCUT2D eigenvalue weighted by Crippen LogP contribution is -2.61. The van der Waals surface area contributed by atoms with Crippen LogP contribution in [0.4, 0.5) is 0 Å². The summed E-state index contributed by atoms with van der Waals surface area (Å²) in [6, 6.07) is 0. The van der Waals surface area contributed by atoms with Gasteiger partial charge in [0, 0.05) is 6.61 Å². The van der Waals surface area contributed by atoms with Gasteiger partial charge in [-0.3, -0.25) is 0 Å². The van der Waals surface area contributed by atoms with Gasteiger partial charge in [0.1, 0.15) is 108 Å². The smallest absolute Gasteiger partial charge is 0.214 e. The summed E-state index contributed by atoms with van der Waals surface area (Å²) in [7, 11) is 0. The van der Waals surface area contributed by atoms with E-state index < -0.39 is 128 Å². The van der Waals surface area contributed by atoms with Gasteiger partial charge >= 0.3 is 0 Å². The first kappa shape index (κ1) is 57.5. The monoisotopic (exact) mass is 1110 g/mol. The lowest BCUT2D eigenvalue weighted by atomic mass is 9.99. The molecule has 0 spiro atoms. The summed E-state index contributed by atoms with van der Waals surface area (Å²) in [5.74, 6) is -2.65. The molecule has 0 bridgehead atoms. The van der Waals surface area contributed by atoms with E-state index >= 15 is 0 Å². The Morgan fingerprint density at radius 1 is 0.533 bits per heavy atom. The molecule has 0 amide bonds. The van der Waals surface area contributed by atoms with E-state index in [1.165, 1.54) is 32.6 Å². The maximum atomic E-state index is 10.9. The Bertz CT molecular complexity index is 2370. The fourth-order valence-electron chi connectivity index (χ4n) is 8.54. The van der Waals surface area contributed by atoms with Crippen LogP contribution in [0.1, 0.15) is 36.1 Å². The number of hydrogen-bond donors (Lipinski definition) is 11. The summed E-state index contributed by atoms with van der Waals surface area (Å²) >= 11 is 12.2. The van der Waals surface area contributed by atoms with Crippen LogP contribution < -0.4 is 0 Å². The van der Waals surface area contributed by atoms with Crippen molar-refractivity contribution in [3.63, 3.8) is 0 Å². The molecule has 19 atom stereocenters. The highest BCUT2D eigenvalue weighted by atomic mass is 35.5. The van der Waals surface area contributed by atoms with Gasteiger partial charge in [-0.2, -0.15) is 0 Å². The fourth-order valence-corrected chi connectivity index (χ4v) is 9.11. The van der Waals surface area contributed by atoms with E-state index in [-0.39, 0.29) is 51.8 Å². The first-order valence-corrected chi connectivity index (χ1v) is 24.9. The molecule has 8 rings (SSSR count). The molecule has 4 aliphatic heterocycles. The Kier molecular flexibility index (Phi) is 19.8. The Balaban J connectivity index is 0.772. The highest BCUT2D eigenvalue weighted by Gasteiger charge is 2.58. The molecule has 420 valence electrons. The van der Waals surface area contributed by atoms with Crippen molar-refractivity contribution in [3.8, 4) is 0 Å². The first-order valence-electron chi connectivity index (χ1n) is 23.9. The van der Waals surface area contributed by atoms with E-state index in [0.29, 0.717) is 36.8 Å². The molecular weight excluding hydrogens is 1050 g/mol. The maximum absolute atomic E-state index is 10.9. The average Bonchev–Trinajstić information content (AvgIpc) is 4.28. The van der Waals surface area contributed by atoms with Crippen molar-refractivity contribution in [2.24, 2.45) is 0 Å². The van der Waals surface area contributed by atoms with E-state index in [1.807, 2.05) is 6.92 Å². The number of alkyl halides is 2. The van der Waals surface area contributed by atoms with Crippen molar-refractivity contribution < 1.29 is 98.8 Å². The summed E-state index contributed by atoms with van der Waals surface area (Å²) in [4.78, 5) is 0. The zero-order valence-corrected chi connectivity index (χ0v) is 41.6. The molecule has 34 heteroatoms. The second kappa shape index (κ2) is 25.9. The Labute approximate surface area is 435 Å². The van der Waals surface area contributed by atoms with Gasteiger partial charge in [0.25, 0.3) is 0 Å². The van der Waals surface area contributed by atoms with Crippen molar-refractivity contribution in [1.82, 2.24) is 60.0 Å². The van der Waals surface area contributed by atoms with E-state index in [4.69, 9.17) is 65.8 Å². The number of nitrogens with zero attached hydrogens (tertiary/aromatic N) is 12. The molecule has 32 nitrogen and oxygen atoms in total. The van der Waals surface area contributed by atoms with Crippen molar-refractivity contribution in [3.05, 3.63) is 47.6 Å². The predicted octanol–water partition coefficient (Wildman–Crippen LogP) is -6.64. The van der Waals surface area contributed by atoms with Crippen molar-refractivity contribution in [2.45, 2.75) is 181 Å². The SMILES string of the molecule is CCCOCCn1cc(CO[C@H]2O[C@H](Cn3cc(CO[C@H]4O[C@H](Cn5cc(COCc6cn(C[C@H]7OC(CCl)(O[C@H]8O[C@H](CO)[C@H](Cl)[C@H](O)[C@H]8O)[C@@H](O)[C@@H]7O)nn6)nn5)[C@@H](O)[C@H](O)[C@@H]4O)nn3)[C@@H](O)[C@H](O)[C@@H]2O)nn1. The van der Waals surface area contributed by atoms with Gasteiger partial charge < -0.3 is 98.8 Å². The van der Waals surface area contributed by atoms with E-state index in [0.717, 1.165) is 6.42 Å². The lowest BCUT2D eigenvalue weighted by molar-refractivity contribution is -0.358. The summed E-state index contributed by atoms with van der Waals surface area (Å²) in [5.41, 5.74) is 1.37. The van der Waals surface area contributed by atoms with Crippen LogP contribution in [0.25, 0.3) is 0 Å². The topological polar surface area (TPSA) is 428 Å². The molecular formula is C41H62Cl2N12O20. The van der Waals surface area contributed by atoms with Gasteiger partial charge in [-0.15, -0.1) is 43.6 Å². The molecule has 11 N–H and O–H groups in total. The van der Waals surface area contributed by atoms with E-state index in [2.05, 4.69) is 41.2 Å². The Morgan fingerprint density at radius 3 is 1.48 bits per heavy atom. The molecule has 4 fully saturated rings. The lowest BCUT2D eigenvalue weighted by Gasteiger charge is -2.43. The van der Waals surface area contributed by atoms with E-state index in [1.54, 1.807) is 10.9 Å². The molecule has 4 aromatic heterocycles. The van der Waals surface area contributed by atoms with E-state index in [9.17, 15) is 56.2 Å². The van der Waals surface area contributed by atoms with Crippen LogP contribution in [0.15, 0.2) is 24.8 Å². The van der Waals surface area contributed by atoms with Gasteiger partial charge in [-0.1, -0.05) is 27.8 Å². The van der Waals surface area contributed by atoms with Gasteiger partial charge in [0.05, 0.1) is 102 Å². The molecule has 8 heterocycles. The largest absolute Gasteiger partial charge is 0.394 e. The Hall–Kier alpha value is -3.66. The standard InChI is InChI=1S/C41H62Cl2N12O20/c1-2-4-67-5-3-52-6-21(46-48-52)16-69-38-35(64)33(62)29(58)24(72-38)11-54-9-22(47-51-54)17-70-39-36(65)32(61)28(57)23(71-39)10-53-7-19(44-49-53)14-68-15-20-8-55(50-45-20)12-25-30(59)37(66)41(18-42,74-25)75-40-34(63)31(60)27(43)26(13-56)73-40/h6-9,23-40,56-66H,2-5,10-18H2,1H3/t23-,24-,25-,26-,27+,28-,29-,30-,31+,32+,33+,34-,35+,36+,37+,38+,39+,40-,41?/m1/s1. The summed E-state index contributed by atoms with van der Waals surface area (Å²) in [6.07, 6.45) is -18.3. The third-order valence-corrected chi connectivity index (χ3v) is 13.6. The summed E-state index contributed by atoms with van der Waals surface area (Å²) < 4.78 is 56.9. The van der Waals surface area contributed by atoms with Crippen LogP contribution in [0.2, 0.25) is 0 Å². The number of rotatable bonds is 25. The second-order valence-corrected chi connectivity index (χ2v) is 19.1. The minimum Gasteiger partial charge on any atom is -0.394 e. The van der Waals surface area contributed by atoms with Gasteiger partial charge in [-0.25, -0.2) is 18.7 Å². The van der Waals surface area contributed by atoms with Gasteiger partial charge in [0.2, 0.25) is 5.79 Å². The van der Waals surface area contributed by atoms with Crippen LogP contribution in [-0.4, -0.2) is 257 Å². The summed E-state index contributed by atoms with van der Waals surface area (Å²) in [5, 5.41) is 148. The molecule has 75 heavy (non-hydrogen) atoms. The number of hydrogen-bond acceptors (Lipinski definition) is 28. The maximum Gasteiger partial charge on any atom is 0.214 e. The minimum atomic E-state index is -2.11. The molecule has 0 radical (unpaired) electrons. The minimum absolute atomic E-state index is 0.0595. The predicted molar refractivity (Wildman–Crippen MR) is 241 cm³/mol. The van der Waals surface area contributed by atoms with Crippen molar-refractivity contribution in [1.29, 1.82) is 0 Å².